The highest BCUT2D eigenvalue weighted by Gasteiger charge is 2.30. The van der Waals surface area contributed by atoms with Gasteiger partial charge in [0.05, 0.1) is 0 Å². The molecule has 2 aliphatic rings. The molecule has 0 spiro atoms. The summed E-state index contributed by atoms with van der Waals surface area (Å²) in [6.45, 7) is 3.84. The molecule has 1 aromatic carbocycles. The second kappa shape index (κ2) is 10.3. The van der Waals surface area contributed by atoms with Crippen molar-refractivity contribution in [3.05, 3.63) is 48.3 Å². The van der Waals surface area contributed by atoms with E-state index in [1.807, 2.05) is 12.1 Å². The summed E-state index contributed by atoms with van der Waals surface area (Å²) in [4.78, 5) is 0. The fourth-order valence-corrected chi connectivity index (χ4v) is 5.47. The third-order valence-electron chi connectivity index (χ3n) is 7.22. The van der Waals surface area contributed by atoms with E-state index in [1.165, 1.54) is 82.6 Å². The average Bonchev–Trinajstić information content (AvgIpc) is 2.69. The van der Waals surface area contributed by atoms with Gasteiger partial charge in [-0.05, 0) is 92.7 Å². The van der Waals surface area contributed by atoms with Crippen LogP contribution in [0, 0.1) is 29.5 Å². The highest BCUT2D eigenvalue weighted by molar-refractivity contribution is 5.16. The molecule has 144 valence electrons. The Balaban J connectivity index is 1.32. The van der Waals surface area contributed by atoms with Crippen LogP contribution in [-0.4, -0.2) is 0 Å². The van der Waals surface area contributed by atoms with Crippen LogP contribution < -0.4 is 0 Å². The van der Waals surface area contributed by atoms with Crippen molar-refractivity contribution in [1.29, 1.82) is 0 Å². The fraction of sp³-hybridized carbons (Fsp3) is 0.680. The molecular formula is C25H37F. The molecule has 2 saturated carbocycles. The Kier molecular flexibility index (Phi) is 7.77. The van der Waals surface area contributed by atoms with Crippen LogP contribution in [0.25, 0.3) is 0 Å². The van der Waals surface area contributed by atoms with Gasteiger partial charge in [-0.1, -0.05) is 50.3 Å². The predicted octanol–water partition coefficient (Wildman–Crippen LogP) is 7.73. The Morgan fingerprint density at radius 3 is 1.88 bits per heavy atom. The molecule has 0 aromatic heterocycles. The number of hydrogen-bond acceptors (Lipinski definition) is 0. The molecule has 0 aliphatic heterocycles. The van der Waals surface area contributed by atoms with Crippen LogP contribution >= 0.6 is 0 Å². The molecule has 0 radical (unpaired) electrons. The molecule has 2 fully saturated rings. The van der Waals surface area contributed by atoms with Crippen molar-refractivity contribution in [3.63, 3.8) is 0 Å². The average molecular weight is 357 g/mol. The van der Waals surface area contributed by atoms with Crippen LogP contribution in [0.5, 0.6) is 0 Å². The van der Waals surface area contributed by atoms with E-state index in [0.717, 1.165) is 30.1 Å². The number of aryl methyl sites for hydroxylation is 1. The zero-order valence-electron chi connectivity index (χ0n) is 16.5. The summed E-state index contributed by atoms with van der Waals surface area (Å²) < 4.78 is 13.0. The van der Waals surface area contributed by atoms with E-state index < -0.39 is 0 Å². The SMILES string of the molecule is C=CCCC[C@H]1CC[C@H](C2CCC(CCc3ccc(F)cc3)CC2)CC1. The first-order valence-corrected chi connectivity index (χ1v) is 11.1. The Labute approximate surface area is 160 Å². The molecule has 0 atom stereocenters. The summed E-state index contributed by atoms with van der Waals surface area (Å²) in [5.41, 5.74) is 1.29. The lowest BCUT2D eigenvalue weighted by molar-refractivity contribution is 0.141. The largest absolute Gasteiger partial charge is 0.207 e. The fourth-order valence-electron chi connectivity index (χ4n) is 5.47. The third-order valence-corrected chi connectivity index (χ3v) is 7.22. The van der Waals surface area contributed by atoms with Crippen LogP contribution in [0.2, 0.25) is 0 Å². The van der Waals surface area contributed by atoms with E-state index in [9.17, 15) is 4.39 Å². The van der Waals surface area contributed by atoms with E-state index in [0.29, 0.717) is 0 Å². The van der Waals surface area contributed by atoms with Crippen LogP contribution in [-0.2, 0) is 6.42 Å². The number of allylic oxidation sites excluding steroid dienone is 1. The van der Waals surface area contributed by atoms with Crippen LogP contribution in [0.1, 0.15) is 82.6 Å². The van der Waals surface area contributed by atoms with E-state index in [-0.39, 0.29) is 5.82 Å². The Hall–Kier alpha value is -1.11. The molecule has 0 nitrogen and oxygen atoms in total. The Bertz CT molecular complexity index is 516. The lowest BCUT2D eigenvalue weighted by Crippen LogP contribution is -2.26. The molecule has 0 N–H and O–H groups in total. The monoisotopic (exact) mass is 356 g/mol. The van der Waals surface area contributed by atoms with Gasteiger partial charge in [0, 0.05) is 0 Å². The van der Waals surface area contributed by atoms with Crippen molar-refractivity contribution in [2.45, 2.75) is 83.5 Å². The van der Waals surface area contributed by atoms with Crippen molar-refractivity contribution in [3.8, 4) is 0 Å². The van der Waals surface area contributed by atoms with Crippen molar-refractivity contribution in [2.24, 2.45) is 23.7 Å². The molecular weight excluding hydrogens is 319 g/mol. The molecule has 3 rings (SSSR count). The zero-order valence-corrected chi connectivity index (χ0v) is 16.5. The molecule has 1 heteroatoms. The van der Waals surface area contributed by atoms with Gasteiger partial charge in [0.25, 0.3) is 0 Å². The normalized spacial score (nSPS) is 29.4. The standard InChI is InChI=1S/C25H37F/c1-2-3-4-5-20-8-14-23(15-9-20)24-16-10-21(11-17-24)6-7-22-12-18-25(26)19-13-22/h2,12-13,18-21,23-24H,1,3-11,14-17H2/t20-,21?,23-,24?. The zero-order chi connectivity index (χ0) is 18.2. The summed E-state index contributed by atoms with van der Waals surface area (Å²) in [6.07, 6.45) is 20.1. The van der Waals surface area contributed by atoms with Gasteiger partial charge in [0.2, 0.25) is 0 Å². The minimum Gasteiger partial charge on any atom is -0.207 e. The summed E-state index contributed by atoms with van der Waals surface area (Å²) in [5.74, 6) is 3.80. The number of benzene rings is 1. The number of rotatable bonds is 8. The second-order valence-electron chi connectivity index (χ2n) is 8.95. The topological polar surface area (TPSA) is 0 Å². The molecule has 26 heavy (non-hydrogen) atoms. The van der Waals surface area contributed by atoms with Gasteiger partial charge in [0.1, 0.15) is 5.82 Å². The van der Waals surface area contributed by atoms with Gasteiger partial charge < -0.3 is 0 Å². The van der Waals surface area contributed by atoms with Gasteiger partial charge >= 0.3 is 0 Å². The number of unbranched alkanes of at least 4 members (excludes halogenated alkanes) is 1. The maximum atomic E-state index is 13.0. The summed E-state index contributed by atoms with van der Waals surface area (Å²) >= 11 is 0. The van der Waals surface area contributed by atoms with Crippen molar-refractivity contribution in [1.82, 2.24) is 0 Å². The maximum Gasteiger partial charge on any atom is 0.123 e. The van der Waals surface area contributed by atoms with Crippen LogP contribution in [0.15, 0.2) is 36.9 Å². The van der Waals surface area contributed by atoms with E-state index in [1.54, 1.807) is 12.1 Å². The van der Waals surface area contributed by atoms with E-state index >= 15 is 0 Å². The van der Waals surface area contributed by atoms with Crippen molar-refractivity contribution in [2.75, 3.05) is 0 Å². The molecule has 1 aromatic rings. The molecule has 0 unspecified atom stereocenters. The molecule has 2 aliphatic carbocycles. The van der Waals surface area contributed by atoms with Gasteiger partial charge in [0.15, 0.2) is 0 Å². The highest BCUT2D eigenvalue weighted by Crippen LogP contribution is 2.43. The van der Waals surface area contributed by atoms with Gasteiger partial charge in [-0.25, -0.2) is 4.39 Å². The first-order chi connectivity index (χ1) is 12.7. The summed E-state index contributed by atoms with van der Waals surface area (Å²) in [5, 5.41) is 0. The summed E-state index contributed by atoms with van der Waals surface area (Å²) in [7, 11) is 0. The first kappa shape index (κ1) is 19.6. The minimum atomic E-state index is -0.121. The lowest BCUT2D eigenvalue weighted by Gasteiger charge is -2.38. The Morgan fingerprint density at radius 1 is 0.808 bits per heavy atom. The minimum absolute atomic E-state index is 0.121. The number of hydrogen-bond donors (Lipinski definition) is 0. The van der Waals surface area contributed by atoms with E-state index in [2.05, 4.69) is 12.7 Å². The lowest BCUT2D eigenvalue weighted by atomic mass is 9.68. The first-order valence-electron chi connectivity index (χ1n) is 11.1. The molecule has 0 amide bonds. The molecule has 0 saturated heterocycles. The highest BCUT2D eigenvalue weighted by atomic mass is 19.1. The summed E-state index contributed by atoms with van der Waals surface area (Å²) in [6, 6.07) is 7.10. The third kappa shape index (κ3) is 5.96. The van der Waals surface area contributed by atoms with E-state index in [4.69, 9.17) is 0 Å². The predicted molar refractivity (Wildman–Crippen MR) is 110 cm³/mol. The quantitative estimate of drug-likeness (QED) is 0.330. The Morgan fingerprint density at radius 2 is 1.35 bits per heavy atom. The van der Waals surface area contributed by atoms with Gasteiger partial charge in [-0.2, -0.15) is 0 Å². The van der Waals surface area contributed by atoms with Crippen LogP contribution in [0.4, 0.5) is 4.39 Å². The van der Waals surface area contributed by atoms with Crippen molar-refractivity contribution >= 4 is 0 Å². The molecule has 0 bridgehead atoms. The number of halogens is 1. The second-order valence-corrected chi connectivity index (χ2v) is 8.95. The van der Waals surface area contributed by atoms with Gasteiger partial charge in [-0.3, -0.25) is 0 Å². The molecule has 0 heterocycles. The maximum absolute atomic E-state index is 13.0. The van der Waals surface area contributed by atoms with Crippen molar-refractivity contribution < 1.29 is 4.39 Å². The van der Waals surface area contributed by atoms with Crippen LogP contribution in [0.3, 0.4) is 0 Å². The smallest absolute Gasteiger partial charge is 0.123 e. The van der Waals surface area contributed by atoms with Gasteiger partial charge in [-0.15, -0.1) is 6.58 Å².